The van der Waals surface area contributed by atoms with Crippen molar-refractivity contribution in [1.29, 1.82) is 0 Å². The topological polar surface area (TPSA) is 43.1 Å². The molecule has 0 unspecified atom stereocenters. The molecule has 0 bridgehead atoms. The Hall–Kier alpha value is -1.90. The van der Waals surface area contributed by atoms with Crippen LogP contribution in [0.15, 0.2) is 40.9 Å². The zero-order valence-electron chi connectivity index (χ0n) is 8.22. The van der Waals surface area contributed by atoms with E-state index in [2.05, 4.69) is 4.98 Å². The lowest BCUT2D eigenvalue weighted by atomic mass is 10.2. The number of benzene rings is 1. The minimum Gasteiger partial charge on any atom is -0.441 e. The molecule has 0 radical (unpaired) electrons. The monoisotopic (exact) mass is 201 g/mol. The maximum absolute atomic E-state index is 10.2. The molecule has 0 aliphatic rings. The Morgan fingerprint density at radius 3 is 2.80 bits per heavy atom. The second-order valence-electron chi connectivity index (χ2n) is 3.20. The van der Waals surface area contributed by atoms with Gasteiger partial charge >= 0.3 is 0 Å². The fourth-order valence-electron chi connectivity index (χ4n) is 1.34. The first kappa shape index (κ1) is 9.65. The van der Waals surface area contributed by atoms with Crippen molar-refractivity contribution in [3.8, 4) is 11.5 Å². The molecule has 0 fully saturated rings. The second-order valence-corrected chi connectivity index (χ2v) is 3.20. The van der Waals surface area contributed by atoms with E-state index in [1.807, 2.05) is 30.3 Å². The minimum atomic E-state index is 0.476. The van der Waals surface area contributed by atoms with E-state index in [1.54, 1.807) is 6.20 Å². The van der Waals surface area contributed by atoms with Gasteiger partial charge in [0.05, 0.1) is 6.20 Å². The number of carbonyl (C=O) groups excluding carboxylic acids is 1. The molecule has 0 atom stereocenters. The predicted molar refractivity (Wildman–Crippen MR) is 56.3 cm³/mol. The first-order chi connectivity index (χ1) is 7.40. The summed E-state index contributed by atoms with van der Waals surface area (Å²) in [6.07, 6.45) is 3.64. The lowest BCUT2D eigenvalue weighted by Crippen LogP contribution is -1.81. The first-order valence-corrected chi connectivity index (χ1v) is 4.84. The largest absolute Gasteiger partial charge is 0.441 e. The van der Waals surface area contributed by atoms with E-state index in [1.165, 1.54) is 0 Å². The Bertz CT molecular complexity index is 434. The van der Waals surface area contributed by atoms with Crippen LogP contribution in [0.1, 0.15) is 12.2 Å². The van der Waals surface area contributed by atoms with Gasteiger partial charge in [0, 0.05) is 18.4 Å². The van der Waals surface area contributed by atoms with Gasteiger partial charge in [-0.2, -0.15) is 0 Å². The molecule has 1 aromatic heterocycles. The average Bonchev–Trinajstić information content (AvgIpc) is 2.76. The first-order valence-electron chi connectivity index (χ1n) is 4.84. The standard InChI is InChI=1S/C12H11NO2/c14-8-4-7-11-9-13-12(15-11)10-5-2-1-3-6-10/h1-3,5-6,8-9H,4,7H2. The summed E-state index contributed by atoms with van der Waals surface area (Å²) < 4.78 is 5.50. The Morgan fingerprint density at radius 1 is 1.27 bits per heavy atom. The van der Waals surface area contributed by atoms with Crippen LogP contribution < -0.4 is 0 Å². The molecule has 0 spiro atoms. The van der Waals surface area contributed by atoms with Crippen LogP contribution in [-0.4, -0.2) is 11.3 Å². The summed E-state index contributed by atoms with van der Waals surface area (Å²) in [4.78, 5) is 14.3. The van der Waals surface area contributed by atoms with Gasteiger partial charge < -0.3 is 9.21 Å². The van der Waals surface area contributed by atoms with Gasteiger partial charge in [0.15, 0.2) is 0 Å². The molecule has 0 saturated heterocycles. The van der Waals surface area contributed by atoms with Crippen molar-refractivity contribution in [2.45, 2.75) is 12.8 Å². The summed E-state index contributed by atoms with van der Waals surface area (Å²) in [5.41, 5.74) is 0.954. The number of oxazole rings is 1. The zero-order chi connectivity index (χ0) is 10.5. The highest BCUT2D eigenvalue weighted by Crippen LogP contribution is 2.18. The number of hydrogen-bond donors (Lipinski definition) is 0. The number of hydrogen-bond acceptors (Lipinski definition) is 3. The van der Waals surface area contributed by atoms with Crippen LogP contribution in [0.3, 0.4) is 0 Å². The Balaban J connectivity index is 2.17. The van der Waals surface area contributed by atoms with Crippen LogP contribution >= 0.6 is 0 Å². The molecule has 3 nitrogen and oxygen atoms in total. The molecule has 76 valence electrons. The minimum absolute atomic E-state index is 0.476. The van der Waals surface area contributed by atoms with Crippen molar-refractivity contribution in [1.82, 2.24) is 4.98 Å². The Labute approximate surface area is 87.8 Å². The van der Waals surface area contributed by atoms with Crippen LogP contribution in [0.4, 0.5) is 0 Å². The molecule has 15 heavy (non-hydrogen) atoms. The highest BCUT2D eigenvalue weighted by atomic mass is 16.4. The van der Waals surface area contributed by atoms with Gasteiger partial charge in [-0.05, 0) is 12.1 Å². The maximum atomic E-state index is 10.2. The van der Waals surface area contributed by atoms with E-state index in [9.17, 15) is 4.79 Å². The van der Waals surface area contributed by atoms with Crippen molar-refractivity contribution >= 4 is 6.29 Å². The lowest BCUT2D eigenvalue weighted by Gasteiger charge is -1.93. The lowest BCUT2D eigenvalue weighted by molar-refractivity contribution is -0.107. The van der Waals surface area contributed by atoms with Gasteiger partial charge in [-0.1, -0.05) is 18.2 Å². The summed E-state index contributed by atoms with van der Waals surface area (Å²) in [6.45, 7) is 0. The van der Waals surface area contributed by atoms with E-state index >= 15 is 0 Å². The van der Waals surface area contributed by atoms with Gasteiger partial charge in [0.2, 0.25) is 5.89 Å². The third-order valence-corrected chi connectivity index (χ3v) is 2.08. The second kappa shape index (κ2) is 4.55. The fourth-order valence-corrected chi connectivity index (χ4v) is 1.34. The number of rotatable bonds is 4. The van der Waals surface area contributed by atoms with Crippen LogP contribution in [-0.2, 0) is 11.2 Å². The van der Waals surface area contributed by atoms with Crippen molar-refractivity contribution in [3.63, 3.8) is 0 Å². The predicted octanol–water partition coefficient (Wildman–Crippen LogP) is 2.47. The van der Waals surface area contributed by atoms with Gasteiger partial charge in [0.25, 0.3) is 0 Å². The van der Waals surface area contributed by atoms with Crippen LogP contribution in [0.25, 0.3) is 11.5 Å². The molecule has 3 heteroatoms. The number of aryl methyl sites for hydroxylation is 1. The Morgan fingerprint density at radius 2 is 2.07 bits per heavy atom. The zero-order valence-corrected chi connectivity index (χ0v) is 8.22. The van der Waals surface area contributed by atoms with Crippen LogP contribution in [0.2, 0.25) is 0 Å². The summed E-state index contributed by atoms with van der Waals surface area (Å²) in [5.74, 6) is 1.36. The third kappa shape index (κ3) is 2.31. The molecular formula is C12H11NO2. The van der Waals surface area contributed by atoms with E-state index in [0.29, 0.717) is 18.7 Å². The van der Waals surface area contributed by atoms with E-state index < -0.39 is 0 Å². The Kier molecular flexibility index (Phi) is 2.93. The average molecular weight is 201 g/mol. The molecule has 0 aliphatic heterocycles. The van der Waals surface area contributed by atoms with Crippen molar-refractivity contribution in [2.75, 3.05) is 0 Å². The molecule has 2 aromatic rings. The summed E-state index contributed by atoms with van der Waals surface area (Å²) in [6, 6.07) is 9.69. The number of nitrogens with zero attached hydrogens (tertiary/aromatic N) is 1. The highest BCUT2D eigenvalue weighted by molar-refractivity contribution is 5.53. The van der Waals surface area contributed by atoms with Gasteiger partial charge in [-0.25, -0.2) is 4.98 Å². The van der Waals surface area contributed by atoms with E-state index in [4.69, 9.17) is 4.42 Å². The van der Waals surface area contributed by atoms with E-state index in [-0.39, 0.29) is 0 Å². The summed E-state index contributed by atoms with van der Waals surface area (Å²) >= 11 is 0. The quantitative estimate of drug-likeness (QED) is 0.713. The normalized spacial score (nSPS) is 10.1. The van der Waals surface area contributed by atoms with Crippen LogP contribution in [0.5, 0.6) is 0 Å². The van der Waals surface area contributed by atoms with Gasteiger partial charge in [-0.15, -0.1) is 0 Å². The molecule has 0 aliphatic carbocycles. The number of carbonyl (C=O) groups is 1. The smallest absolute Gasteiger partial charge is 0.226 e. The van der Waals surface area contributed by atoms with Crippen molar-refractivity contribution in [3.05, 3.63) is 42.3 Å². The van der Waals surface area contributed by atoms with Crippen molar-refractivity contribution < 1.29 is 9.21 Å². The highest BCUT2D eigenvalue weighted by Gasteiger charge is 2.05. The third-order valence-electron chi connectivity index (χ3n) is 2.08. The van der Waals surface area contributed by atoms with Gasteiger partial charge in [0.1, 0.15) is 12.0 Å². The molecule has 2 rings (SSSR count). The molecule has 0 amide bonds. The fraction of sp³-hybridized carbons (Fsp3) is 0.167. The maximum Gasteiger partial charge on any atom is 0.226 e. The molecular weight excluding hydrogens is 190 g/mol. The number of aromatic nitrogens is 1. The van der Waals surface area contributed by atoms with Gasteiger partial charge in [-0.3, -0.25) is 0 Å². The van der Waals surface area contributed by atoms with E-state index in [0.717, 1.165) is 17.6 Å². The van der Waals surface area contributed by atoms with Crippen LogP contribution in [0, 0.1) is 0 Å². The number of aldehydes is 1. The molecule has 0 N–H and O–H groups in total. The molecule has 1 aromatic carbocycles. The summed E-state index contributed by atoms with van der Waals surface area (Å²) in [7, 11) is 0. The summed E-state index contributed by atoms with van der Waals surface area (Å²) in [5, 5.41) is 0. The SMILES string of the molecule is O=CCCc1cnc(-c2ccccc2)o1. The molecule has 0 saturated carbocycles. The van der Waals surface area contributed by atoms with Crippen molar-refractivity contribution in [2.24, 2.45) is 0 Å². The molecule has 1 heterocycles.